The highest BCUT2D eigenvalue weighted by atomic mass is 19.1. The fourth-order valence-electron chi connectivity index (χ4n) is 5.04. The normalized spacial score (nSPS) is 19.1. The largest absolute Gasteiger partial charge is 0.366 e. The molecule has 164 valence electrons. The Balaban J connectivity index is 1.37. The van der Waals surface area contributed by atoms with Crippen molar-refractivity contribution in [1.29, 1.82) is 5.26 Å². The number of nitrogens with zero attached hydrogens (tertiary/aromatic N) is 4. The van der Waals surface area contributed by atoms with E-state index in [-0.39, 0.29) is 17.4 Å². The van der Waals surface area contributed by atoms with E-state index in [0.717, 1.165) is 54.8 Å². The Labute approximate surface area is 186 Å². The van der Waals surface area contributed by atoms with Crippen molar-refractivity contribution in [2.75, 3.05) is 42.6 Å². The van der Waals surface area contributed by atoms with Crippen LogP contribution in [0.3, 0.4) is 0 Å². The first-order valence-electron chi connectivity index (χ1n) is 11.1. The summed E-state index contributed by atoms with van der Waals surface area (Å²) in [7, 11) is 0. The smallest absolute Gasteiger partial charge is 0.253 e. The molecule has 1 atom stereocenters. The molecule has 7 heteroatoms. The molecule has 1 N–H and O–H groups in total. The number of fused-ring (bicyclic) bond motifs is 3. The molecule has 3 aromatic rings. The Bertz CT molecular complexity index is 1260. The fraction of sp³-hybridized carbons (Fsp3) is 0.360. The van der Waals surface area contributed by atoms with Crippen LogP contribution in [0.5, 0.6) is 0 Å². The molecule has 1 aromatic heterocycles. The number of hydrogen-bond donors (Lipinski definition) is 1. The van der Waals surface area contributed by atoms with E-state index in [0.29, 0.717) is 24.3 Å². The highest BCUT2D eigenvalue weighted by Crippen LogP contribution is 2.32. The maximum Gasteiger partial charge on any atom is 0.253 e. The van der Waals surface area contributed by atoms with Crippen molar-refractivity contribution in [1.82, 2.24) is 9.88 Å². The van der Waals surface area contributed by atoms with Crippen molar-refractivity contribution in [2.45, 2.75) is 25.8 Å². The Kier molecular flexibility index (Phi) is 5.32. The van der Waals surface area contributed by atoms with Crippen molar-refractivity contribution < 1.29 is 4.39 Å². The lowest BCUT2D eigenvalue weighted by atomic mass is 10.00. The third-order valence-electron chi connectivity index (χ3n) is 6.70. The minimum atomic E-state index is -0.347. The van der Waals surface area contributed by atoms with Crippen LogP contribution in [0.4, 0.5) is 15.8 Å². The van der Waals surface area contributed by atoms with Crippen LogP contribution in [0, 0.1) is 17.1 Å². The van der Waals surface area contributed by atoms with Crippen molar-refractivity contribution in [2.24, 2.45) is 0 Å². The summed E-state index contributed by atoms with van der Waals surface area (Å²) in [4.78, 5) is 22.5. The number of H-pyrrole nitrogens is 1. The average molecular weight is 432 g/mol. The topological polar surface area (TPSA) is 66.4 Å². The van der Waals surface area contributed by atoms with E-state index in [4.69, 9.17) is 5.26 Å². The summed E-state index contributed by atoms with van der Waals surface area (Å²) in [6.07, 6.45) is 1.76. The lowest BCUT2D eigenvalue weighted by molar-refractivity contribution is 0.187. The van der Waals surface area contributed by atoms with Crippen LogP contribution >= 0.6 is 0 Å². The van der Waals surface area contributed by atoms with Gasteiger partial charge in [0.25, 0.3) is 5.56 Å². The van der Waals surface area contributed by atoms with E-state index < -0.39 is 0 Å². The first kappa shape index (κ1) is 20.5. The number of para-hydroxylation sites is 1. The maximum absolute atomic E-state index is 14.5. The second-order valence-corrected chi connectivity index (χ2v) is 8.72. The summed E-state index contributed by atoms with van der Waals surface area (Å²) in [5, 5.41) is 10.1. The third kappa shape index (κ3) is 3.61. The predicted octanol–water partition coefficient (Wildman–Crippen LogP) is 3.46. The number of aromatic amines is 1. The van der Waals surface area contributed by atoms with Crippen LogP contribution in [0.1, 0.15) is 24.5 Å². The zero-order valence-corrected chi connectivity index (χ0v) is 18.1. The lowest BCUT2D eigenvalue weighted by Crippen LogP contribution is -2.55. The highest BCUT2D eigenvalue weighted by Gasteiger charge is 2.29. The van der Waals surface area contributed by atoms with E-state index in [1.165, 1.54) is 6.07 Å². The van der Waals surface area contributed by atoms with Crippen LogP contribution in [0.25, 0.3) is 10.9 Å². The summed E-state index contributed by atoms with van der Waals surface area (Å²) in [5.74, 6) is -0.347. The van der Waals surface area contributed by atoms with Crippen molar-refractivity contribution >= 4 is 22.3 Å². The average Bonchev–Trinajstić information content (AvgIpc) is 2.80. The number of pyridine rings is 1. The van der Waals surface area contributed by atoms with Gasteiger partial charge in [0.1, 0.15) is 5.82 Å². The summed E-state index contributed by atoms with van der Waals surface area (Å²) < 4.78 is 14.5. The van der Waals surface area contributed by atoms with Crippen LogP contribution < -0.4 is 15.4 Å². The monoisotopic (exact) mass is 431 g/mol. The van der Waals surface area contributed by atoms with Gasteiger partial charge in [-0.2, -0.15) is 5.26 Å². The van der Waals surface area contributed by atoms with E-state index >= 15 is 0 Å². The number of hydrogen-bond acceptors (Lipinski definition) is 5. The molecular weight excluding hydrogens is 405 g/mol. The van der Waals surface area contributed by atoms with Gasteiger partial charge in [-0.25, -0.2) is 4.39 Å². The Morgan fingerprint density at radius 3 is 2.81 bits per heavy atom. The second-order valence-electron chi connectivity index (χ2n) is 8.72. The number of benzene rings is 2. The number of nitriles is 1. The molecule has 0 radical (unpaired) electrons. The summed E-state index contributed by atoms with van der Waals surface area (Å²) in [6.45, 7) is 6.04. The van der Waals surface area contributed by atoms with Crippen LogP contribution in [-0.2, 0) is 6.42 Å². The summed E-state index contributed by atoms with van der Waals surface area (Å²) >= 11 is 0. The molecule has 0 amide bonds. The third-order valence-corrected chi connectivity index (χ3v) is 6.70. The minimum Gasteiger partial charge on any atom is -0.366 e. The van der Waals surface area contributed by atoms with E-state index in [1.54, 1.807) is 12.1 Å². The molecule has 2 aliphatic heterocycles. The fourth-order valence-corrected chi connectivity index (χ4v) is 5.04. The molecule has 2 aliphatic rings. The van der Waals surface area contributed by atoms with Gasteiger partial charge in [-0.15, -0.1) is 0 Å². The lowest BCUT2D eigenvalue weighted by Gasteiger charge is -2.44. The molecule has 5 rings (SSSR count). The van der Waals surface area contributed by atoms with Gasteiger partial charge in [0.05, 0.1) is 35.2 Å². The number of piperazine rings is 1. The summed E-state index contributed by atoms with van der Waals surface area (Å²) in [6, 6.07) is 14.9. The number of anilines is 2. The van der Waals surface area contributed by atoms with Gasteiger partial charge in [-0.3, -0.25) is 9.69 Å². The van der Waals surface area contributed by atoms with E-state index in [2.05, 4.69) is 32.7 Å². The van der Waals surface area contributed by atoms with Crippen molar-refractivity contribution in [3.05, 3.63) is 69.8 Å². The molecule has 0 spiro atoms. The van der Waals surface area contributed by atoms with Crippen LogP contribution in [0.15, 0.2) is 47.3 Å². The molecule has 0 aliphatic carbocycles. The molecule has 3 heterocycles. The van der Waals surface area contributed by atoms with Gasteiger partial charge in [0.15, 0.2) is 0 Å². The predicted molar refractivity (Wildman–Crippen MR) is 125 cm³/mol. The number of rotatable bonds is 3. The molecule has 2 aromatic carbocycles. The summed E-state index contributed by atoms with van der Waals surface area (Å²) in [5.41, 5.74) is 3.71. The molecule has 32 heavy (non-hydrogen) atoms. The van der Waals surface area contributed by atoms with Gasteiger partial charge in [0.2, 0.25) is 0 Å². The van der Waals surface area contributed by atoms with Crippen LogP contribution in [-0.4, -0.2) is 48.8 Å². The SMILES string of the molecule is CC1CN(c2ccc(C#N)cc2F)CCN1CN1CCCc2c1c1ccccc1[nH]c2=O. The first-order chi connectivity index (χ1) is 15.5. The van der Waals surface area contributed by atoms with E-state index in [9.17, 15) is 9.18 Å². The van der Waals surface area contributed by atoms with E-state index in [1.807, 2.05) is 24.3 Å². The molecule has 6 nitrogen and oxygen atoms in total. The van der Waals surface area contributed by atoms with Gasteiger partial charge >= 0.3 is 0 Å². The van der Waals surface area contributed by atoms with Crippen molar-refractivity contribution in [3.8, 4) is 6.07 Å². The molecular formula is C25H26FN5O. The Morgan fingerprint density at radius 1 is 1.19 bits per heavy atom. The number of halogens is 1. The highest BCUT2D eigenvalue weighted by molar-refractivity contribution is 5.93. The molecule has 1 fully saturated rings. The number of aromatic nitrogens is 1. The zero-order valence-electron chi connectivity index (χ0n) is 18.1. The van der Waals surface area contributed by atoms with Crippen LogP contribution in [0.2, 0.25) is 0 Å². The minimum absolute atomic E-state index is 0.0116. The van der Waals surface area contributed by atoms with Gasteiger partial charge < -0.3 is 14.8 Å². The number of nitrogens with one attached hydrogen (secondary N) is 1. The Hall–Kier alpha value is -3.37. The quantitative estimate of drug-likeness (QED) is 0.688. The zero-order chi connectivity index (χ0) is 22.2. The molecule has 1 saturated heterocycles. The first-order valence-corrected chi connectivity index (χ1v) is 11.1. The molecule has 0 bridgehead atoms. The second kappa shape index (κ2) is 8.29. The Morgan fingerprint density at radius 2 is 2.03 bits per heavy atom. The standard InChI is InChI=1S/C25H26FN5O/c1-17-15-29(23-9-8-18(14-27)13-21(23)26)11-12-30(17)16-31-10-4-6-20-24(31)19-5-2-3-7-22(19)28-25(20)32/h2-3,5,7-9,13,17H,4,6,10-12,15-16H2,1H3,(H,28,32). The van der Waals surface area contributed by atoms with Gasteiger partial charge in [-0.05, 0) is 44.0 Å². The maximum atomic E-state index is 14.5. The van der Waals surface area contributed by atoms with Gasteiger partial charge in [-0.1, -0.05) is 18.2 Å². The molecule has 1 unspecified atom stereocenters. The molecule has 0 saturated carbocycles. The van der Waals surface area contributed by atoms with Crippen molar-refractivity contribution in [3.63, 3.8) is 0 Å². The van der Waals surface area contributed by atoms with Gasteiger partial charge in [0, 0.05) is 43.2 Å².